The summed E-state index contributed by atoms with van der Waals surface area (Å²) >= 11 is 0. The maximum absolute atomic E-state index is 12.1. The number of hydrogen-bond acceptors (Lipinski definition) is 4. The highest BCUT2D eigenvalue weighted by molar-refractivity contribution is 5.93. The minimum Gasteiger partial charge on any atom is -0.475 e. The summed E-state index contributed by atoms with van der Waals surface area (Å²) < 4.78 is 10.1. The Labute approximate surface area is 110 Å². The summed E-state index contributed by atoms with van der Waals surface area (Å²) in [5.74, 6) is -1.05. The topological polar surface area (TPSA) is 80.0 Å². The van der Waals surface area contributed by atoms with E-state index in [0.29, 0.717) is 25.6 Å². The van der Waals surface area contributed by atoms with E-state index in [1.165, 1.54) is 12.1 Å². The van der Waals surface area contributed by atoms with Gasteiger partial charge in [-0.2, -0.15) is 0 Å². The molecule has 0 bridgehead atoms. The number of aromatic carboxylic acids is 1. The predicted molar refractivity (Wildman–Crippen MR) is 66.2 cm³/mol. The Morgan fingerprint density at radius 2 is 2.00 bits per heavy atom. The fourth-order valence-corrected chi connectivity index (χ4v) is 2.26. The molecule has 0 spiro atoms. The molecule has 1 aliphatic heterocycles. The van der Waals surface area contributed by atoms with Crippen LogP contribution in [0.4, 0.5) is 0 Å². The van der Waals surface area contributed by atoms with Crippen molar-refractivity contribution in [2.45, 2.75) is 12.8 Å². The predicted octanol–water partition coefficient (Wildman–Crippen LogP) is 1.48. The van der Waals surface area contributed by atoms with Crippen LogP contribution < -0.4 is 0 Å². The van der Waals surface area contributed by atoms with Crippen LogP contribution in [0.25, 0.3) is 0 Å². The number of carbonyl (C=O) groups excluding carboxylic acids is 1. The molecular weight excluding hydrogens is 250 g/mol. The number of carbonyl (C=O) groups is 2. The van der Waals surface area contributed by atoms with E-state index in [0.717, 1.165) is 12.8 Å². The number of likely N-dealkylation sites (tertiary alicyclic amines) is 1. The zero-order chi connectivity index (χ0) is 13.8. The van der Waals surface area contributed by atoms with Gasteiger partial charge in [0.2, 0.25) is 5.76 Å². The molecule has 0 saturated carbocycles. The normalized spacial score (nSPS) is 16.6. The smallest absolute Gasteiger partial charge is 0.371 e. The number of rotatable bonds is 4. The lowest BCUT2D eigenvalue weighted by molar-refractivity contribution is 0.0575. The molecule has 0 aliphatic carbocycles. The van der Waals surface area contributed by atoms with Crippen LogP contribution in [-0.4, -0.2) is 48.7 Å². The maximum Gasteiger partial charge on any atom is 0.371 e. The van der Waals surface area contributed by atoms with Crippen LogP contribution in [0.2, 0.25) is 0 Å². The average molecular weight is 267 g/mol. The molecule has 1 saturated heterocycles. The zero-order valence-corrected chi connectivity index (χ0v) is 10.8. The largest absolute Gasteiger partial charge is 0.475 e. The first-order chi connectivity index (χ1) is 9.11. The molecule has 1 aliphatic rings. The second kappa shape index (κ2) is 5.88. The van der Waals surface area contributed by atoms with Crippen molar-refractivity contribution in [1.29, 1.82) is 0 Å². The van der Waals surface area contributed by atoms with Crippen molar-refractivity contribution < 1.29 is 23.8 Å². The summed E-state index contributed by atoms with van der Waals surface area (Å²) in [5, 5.41) is 8.75. The minimum absolute atomic E-state index is 0.0857. The Hall–Kier alpha value is -1.82. The van der Waals surface area contributed by atoms with Gasteiger partial charge in [-0.05, 0) is 30.9 Å². The van der Waals surface area contributed by atoms with Crippen molar-refractivity contribution in [2.75, 3.05) is 26.8 Å². The van der Waals surface area contributed by atoms with E-state index in [2.05, 4.69) is 0 Å². The van der Waals surface area contributed by atoms with Crippen molar-refractivity contribution in [1.82, 2.24) is 4.90 Å². The highest BCUT2D eigenvalue weighted by Gasteiger charge is 2.25. The molecule has 6 nitrogen and oxygen atoms in total. The molecule has 1 N–H and O–H groups in total. The van der Waals surface area contributed by atoms with Crippen molar-refractivity contribution in [3.8, 4) is 0 Å². The fourth-order valence-electron chi connectivity index (χ4n) is 2.26. The lowest BCUT2D eigenvalue weighted by Crippen LogP contribution is -2.39. The number of carboxylic acid groups (broad SMARTS) is 1. The zero-order valence-electron chi connectivity index (χ0n) is 10.8. The molecule has 0 radical (unpaired) electrons. The Bertz CT molecular complexity index is 459. The molecule has 6 heteroatoms. The lowest BCUT2D eigenvalue weighted by atomic mass is 9.98. The SMILES string of the molecule is COCC1CCN(C(=O)c2ccc(C(=O)O)o2)CC1. The molecule has 0 aromatic carbocycles. The van der Waals surface area contributed by atoms with E-state index >= 15 is 0 Å². The summed E-state index contributed by atoms with van der Waals surface area (Å²) in [4.78, 5) is 24.5. The van der Waals surface area contributed by atoms with E-state index in [9.17, 15) is 9.59 Å². The van der Waals surface area contributed by atoms with Crippen molar-refractivity contribution in [3.05, 3.63) is 23.7 Å². The standard InChI is InChI=1S/C13H17NO5/c1-18-8-9-4-6-14(7-5-9)12(15)10-2-3-11(19-10)13(16)17/h2-3,9H,4-8H2,1H3,(H,16,17). The van der Waals surface area contributed by atoms with Gasteiger partial charge in [0.05, 0.1) is 0 Å². The number of hydrogen-bond donors (Lipinski definition) is 1. The number of methoxy groups -OCH3 is 1. The highest BCUT2D eigenvalue weighted by Crippen LogP contribution is 2.20. The van der Waals surface area contributed by atoms with Gasteiger partial charge >= 0.3 is 5.97 Å². The summed E-state index contributed by atoms with van der Waals surface area (Å²) in [6, 6.07) is 2.71. The molecule has 1 aromatic rings. The van der Waals surface area contributed by atoms with E-state index in [1.54, 1.807) is 12.0 Å². The van der Waals surface area contributed by atoms with Gasteiger partial charge in [-0.15, -0.1) is 0 Å². The first-order valence-electron chi connectivity index (χ1n) is 6.23. The quantitative estimate of drug-likeness (QED) is 0.893. The summed E-state index contributed by atoms with van der Waals surface area (Å²) in [7, 11) is 1.67. The second-order valence-corrected chi connectivity index (χ2v) is 4.66. The minimum atomic E-state index is -1.17. The van der Waals surface area contributed by atoms with Gasteiger partial charge in [-0.25, -0.2) is 4.79 Å². The molecule has 19 heavy (non-hydrogen) atoms. The summed E-state index contributed by atoms with van der Waals surface area (Å²) in [5.41, 5.74) is 0. The lowest BCUT2D eigenvalue weighted by Gasteiger charge is -2.31. The van der Waals surface area contributed by atoms with Gasteiger partial charge in [0.1, 0.15) is 0 Å². The van der Waals surface area contributed by atoms with E-state index in [4.69, 9.17) is 14.3 Å². The highest BCUT2D eigenvalue weighted by atomic mass is 16.5. The maximum atomic E-state index is 12.1. The first-order valence-corrected chi connectivity index (χ1v) is 6.23. The van der Waals surface area contributed by atoms with Gasteiger partial charge < -0.3 is 19.2 Å². The Kier molecular flexibility index (Phi) is 4.21. The van der Waals surface area contributed by atoms with Gasteiger partial charge in [0.15, 0.2) is 5.76 Å². The van der Waals surface area contributed by atoms with Crippen molar-refractivity contribution in [3.63, 3.8) is 0 Å². The van der Waals surface area contributed by atoms with Crippen LogP contribution in [0.1, 0.15) is 34.0 Å². The second-order valence-electron chi connectivity index (χ2n) is 4.66. The first kappa shape index (κ1) is 13.6. The number of nitrogens with zero attached hydrogens (tertiary/aromatic N) is 1. The summed E-state index contributed by atoms with van der Waals surface area (Å²) in [6.45, 7) is 2.01. The number of ether oxygens (including phenoxy) is 1. The monoisotopic (exact) mass is 267 g/mol. The van der Waals surface area contributed by atoms with Crippen LogP contribution >= 0.6 is 0 Å². The number of amides is 1. The van der Waals surface area contributed by atoms with Crippen LogP contribution in [0.15, 0.2) is 16.5 Å². The van der Waals surface area contributed by atoms with Gasteiger partial charge in [-0.3, -0.25) is 4.79 Å². The fraction of sp³-hybridized carbons (Fsp3) is 0.538. The van der Waals surface area contributed by atoms with Crippen LogP contribution in [0, 0.1) is 5.92 Å². The molecule has 0 atom stereocenters. The molecule has 2 rings (SSSR count). The van der Waals surface area contributed by atoms with Gasteiger partial charge in [0.25, 0.3) is 5.91 Å². The number of carboxylic acids is 1. The number of furan rings is 1. The molecular formula is C13H17NO5. The molecule has 0 unspecified atom stereocenters. The number of piperidine rings is 1. The third-order valence-corrected chi connectivity index (χ3v) is 3.33. The molecule has 1 amide bonds. The van der Waals surface area contributed by atoms with Crippen molar-refractivity contribution in [2.24, 2.45) is 5.92 Å². The third-order valence-electron chi connectivity index (χ3n) is 3.33. The Morgan fingerprint density at radius 1 is 1.37 bits per heavy atom. The molecule has 2 heterocycles. The Balaban J connectivity index is 1.95. The van der Waals surface area contributed by atoms with Crippen LogP contribution in [-0.2, 0) is 4.74 Å². The average Bonchev–Trinajstić information content (AvgIpc) is 2.89. The summed E-state index contributed by atoms with van der Waals surface area (Å²) in [6.07, 6.45) is 1.79. The molecule has 104 valence electrons. The van der Waals surface area contributed by atoms with Gasteiger partial charge in [0, 0.05) is 26.8 Å². The van der Waals surface area contributed by atoms with Crippen molar-refractivity contribution >= 4 is 11.9 Å². The Morgan fingerprint density at radius 3 is 2.53 bits per heavy atom. The van der Waals surface area contributed by atoms with Gasteiger partial charge in [-0.1, -0.05) is 0 Å². The molecule has 1 fully saturated rings. The van der Waals surface area contributed by atoms with Crippen LogP contribution in [0.3, 0.4) is 0 Å². The van der Waals surface area contributed by atoms with E-state index in [1.807, 2.05) is 0 Å². The van der Waals surface area contributed by atoms with E-state index in [-0.39, 0.29) is 17.4 Å². The van der Waals surface area contributed by atoms with E-state index < -0.39 is 5.97 Å². The third kappa shape index (κ3) is 3.14. The van der Waals surface area contributed by atoms with Crippen LogP contribution in [0.5, 0.6) is 0 Å². The molecule has 1 aromatic heterocycles.